The largest absolute Gasteiger partial charge is 0.454 e. The Morgan fingerprint density at radius 1 is 0.974 bits per heavy atom. The van der Waals surface area contributed by atoms with Crippen LogP contribution in [0.1, 0.15) is 16.7 Å². The van der Waals surface area contributed by atoms with E-state index in [-0.39, 0.29) is 31.4 Å². The standard InChI is InChI=1S/C28H31N3O6S/c1-20-9-7-8-12-22(20)17-30(24(28(33)29-2)15-21-10-5-4-6-11-21)27(32)18-31(38(3,34)35)23-13-14-25-26(16-23)37-19-36-25/h4-14,16,24H,15,17-19H2,1-3H3,(H,29,33)/t24-/m0/s1. The van der Waals surface area contributed by atoms with Gasteiger partial charge in [0.05, 0.1) is 11.9 Å². The molecule has 0 aromatic heterocycles. The number of nitrogens with zero attached hydrogens (tertiary/aromatic N) is 2. The summed E-state index contributed by atoms with van der Waals surface area (Å²) < 4.78 is 37.5. The number of hydrogen-bond acceptors (Lipinski definition) is 6. The zero-order chi connectivity index (χ0) is 27.3. The van der Waals surface area contributed by atoms with E-state index in [1.54, 1.807) is 12.1 Å². The predicted molar refractivity (Wildman–Crippen MR) is 144 cm³/mol. The molecular formula is C28H31N3O6S. The van der Waals surface area contributed by atoms with Gasteiger partial charge in [0, 0.05) is 26.1 Å². The van der Waals surface area contributed by atoms with Crippen LogP contribution in [0, 0.1) is 6.92 Å². The molecule has 3 aromatic carbocycles. The van der Waals surface area contributed by atoms with Crippen LogP contribution in [-0.2, 0) is 32.6 Å². The van der Waals surface area contributed by atoms with Gasteiger partial charge in [-0.25, -0.2) is 8.42 Å². The van der Waals surface area contributed by atoms with E-state index in [9.17, 15) is 18.0 Å². The topological polar surface area (TPSA) is 105 Å². The molecule has 0 unspecified atom stereocenters. The van der Waals surface area contributed by atoms with Crippen molar-refractivity contribution < 1.29 is 27.5 Å². The second-order valence-electron chi connectivity index (χ2n) is 9.08. The number of fused-ring (bicyclic) bond motifs is 1. The number of likely N-dealkylation sites (N-methyl/N-ethyl adjacent to an activating group) is 1. The molecule has 1 aliphatic rings. The van der Waals surface area contributed by atoms with Gasteiger partial charge in [-0.3, -0.25) is 13.9 Å². The maximum absolute atomic E-state index is 14.0. The first-order valence-corrected chi connectivity index (χ1v) is 14.0. The van der Waals surface area contributed by atoms with Crippen molar-refractivity contribution in [1.82, 2.24) is 10.2 Å². The Balaban J connectivity index is 1.71. The number of anilines is 1. The van der Waals surface area contributed by atoms with Crippen molar-refractivity contribution in [3.8, 4) is 11.5 Å². The molecule has 1 heterocycles. The molecule has 1 N–H and O–H groups in total. The van der Waals surface area contributed by atoms with Gasteiger partial charge in [-0.15, -0.1) is 0 Å². The summed E-state index contributed by atoms with van der Waals surface area (Å²) in [6.45, 7) is 1.61. The van der Waals surface area contributed by atoms with Crippen LogP contribution in [0.4, 0.5) is 5.69 Å². The summed E-state index contributed by atoms with van der Waals surface area (Å²) in [7, 11) is -2.35. The van der Waals surface area contributed by atoms with Crippen LogP contribution in [0.5, 0.6) is 11.5 Å². The van der Waals surface area contributed by atoms with Gasteiger partial charge in [-0.1, -0.05) is 54.6 Å². The van der Waals surface area contributed by atoms with E-state index < -0.39 is 28.5 Å². The van der Waals surface area contributed by atoms with E-state index in [0.717, 1.165) is 27.3 Å². The van der Waals surface area contributed by atoms with Crippen molar-refractivity contribution in [3.63, 3.8) is 0 Å². The van der Waals surface area contributed by atoms with E-state index in [1.807, 2.05) is 61.5 Å². The van der Waals surface area contributed by atoms with Gasteiger partial charge in [0.1, 0.15) is 12.6 Å². The highest BCUT2D eigenvalue weighted by molar-refractivity contribution is 7.92. The highest BCUT2D eigenvalue weighted by atomic mass is 32.2. The number of hydrogen-bond donors (Lipinski definition) is 1. The molecule has 0 saturated heterocycles. The first-order valence-electron chi connectivity index (χ1n) is 12.1. The molecule has 3 aromatic rings. The molecule has 0 aliphatic carbocycles. The minimum absolute atomic E-state index is 0.0358. The van der Waals surface area contributed by atoms with E-state index >= 15 is 0 Å². The number of nitrogens with one attached hydrogen (secondary N) is 1. The lowest BCUT2D eigenvalue weighted by atomic mass is 10.0. The minimum Gasteiger partial charge on any atom is -0.454 e. The first-order chi connectivity index (χ1) is 18.2. The minimum atomic E-state index is -3.87. The third kappa shape index (κ3) is 6.25. The van der Waals surface area contributed by atoms with E-state index in [2.05, 4.69) is 5.32 Å². The molecule has 0 fully saturated rings. The Hall–Kier alpha value is -4.05. The Morgan fingerprint density at radius 3 is 2.34 bits per heavy atom. The number of amides is 2. The highest BCUT2D eigenvalue weighted by Crippen LogP contribution is 2.36. The Labute approximate surface area is 223 Å². The zero-order valence-corrected chi connectivity index (χ0v) is 22.4. The highest BCUT2D eigenvalue weighted by Gasteiger charge is 2.33. The van der Waals surface area contributed by atoms with Crippen LogP contribution in [0.2, 0.25) is 0 Å². The zero-order valence-electron chi connectivity index (χ0n) is 21.6. The van der Waals surface area contributed by atoms with Crippen molar-refractivity contribution in [2.24, 2.45) is 0 Å². The third-order valence-corrected chi connectivity index (χ3v) is 7.58. The van der Waals surface area contributed by atoms with Crippen molar-refractivity contribution in [1.29, 1.82) is 0 Å². The smallest absolute Gasteiger partial charge is 0.244 e. The molecule has 200 valence electrons. The summed E-state index contributed by atoms with van der Waals surface area (Å²) in [6, 6.07) is 20.8. The van der Waals surface area contributed by atoms with Crippen molar-refractivity contribution in [3.05, 3.63) is 89.5 Å². The summed E-state index contributed by atoms with van der Waals surface area (Å²) in [5.41, 5.74) is 2.95. The van der Waals surface area contributed by atoms with Gasteiger partial charge >= 0.3 is 0 Å². The molecule has 0 spiro atoms. The SMILES string of the molecule is CNC(=O)[C@H](Cc1ccccc1)N(Cc1ccccc1C)C(=O)CN(c1ccc2c(c1)OCO2)S(C)(=O)=O. The van der Waals surface area contributed by atoms with Gasteiger partial charge in [0.2, 0.25) is 28.6 Å². The molecule has 1 atom stereocenters. The van der Waals surface area contributed by atoms with Crippen molar-refractivity contribution >= 4 is 27.5 Å². The molecule has 0 saturated carbocycles. The monoisotopic (exact) mass is 537 g/mol. The maximum atomic E-state index is 14.0. The van der Waals surface area contributed by atoms with Crippen LogP contribution in [0.25, 0.3) is 0 Å². The fourth-order valence-corrected chi connectivity index (χ4v) is 5.19. The number of rotatable bonds is 10. The van der Waals surface area contributed by atoms with E-state index in [1.165, 1.54) is 18.0 Å². The fourth-order valence-electron chi connectivity index (χ4n) is 4.35. The molecular weight excluding hydrogens is 506 g/mol. The lowest BCUT2D eigenvalue weighted by molar-refractivity contribution is -0.139. The number of ether oxygens (including phenoxy) is 2. The average molecular weight is 538 g/mol. The predicted octanol–water partition coefficient (Wildman–Crippen LogP) is 2.88. The Kier molecular flexibility index (Phi) is 8.21. The second-order valence-corrected chi connectivity index (χ2v) is 11.0. The lowest BCUT2D eigenvalue weighted by Crippen LogP contribution is -2.53. The average Bonchev–Trinajstić information content (AvgIpc) is 3.37. The van der Waals surface area contributed by atoms with E-state index in [4.69, 9.17) is 9.47 Å². The number of aryl methyl sites for hydroxylation is 1. The van der Waals surface area contributed by atoms with Gasteiger partial charge in [0.25, 0.3) is 0 Å². The third-order valence-electron chi connectivity index (χ3n) is 6.44. The molecule has 4 rings (SSSR count). The van der Waals surface area contributed by atoms with Gasteiger partial charge < -0.3 is 19.7 Å². The maximum Gasteiger partial charge on any atom is 0.244 e. The Bertz CT molecular complexity index is 1410. The lowest BCUT2D eigenvalue weighted by Gasteiger charge is -2.33. The molecule has 0 radical (unpaired) electrons. The van der Waals surface area contributed by atoms with E-state index in [0.29, 0.717) is 11.5 Å². The molecule has 2 amide bonds. The Morgan fingerprint density at radius 2 is 1.66 bits per heavy atom. The number of carbonyl (C=O) groups excluding carboxylic acids is 2. The second kappa shape index (κ2) is 11.6. The van der Waals surface area contributed by atoms with Gasteiger partial charge in [-0.2, -0.15) is 0 Å². The summed E-state index contributed by atoms with van der Waals surface area (Å²) >= 11 is 0. The van der Waals surface area contributed by atoms with Crippen LogP contribution >= 0.6 is 0 Å². The van der Waals surface area contributed by atoms with Gasteiger partial charge in [0.15, 0.2) is 11.5 Å². The molecule has 10 heteroatoms. The molecule has 38 heavy (non-hydrogen) atoms. The molecule has 1 aliphatic heterocycles. The summed E-state index contributed by atoms with van der Waals surface area (Å²) in [4.78, 5) is 28.6. The molecule has 0 bridgehead atoms. The van der Waals surface area contributed by atoms with Crippen LogP contribution < -0.4 is 19.1 Å². The van der Waals surface area contributed by atoms with Crippen LogP contribution in [0.15, 0.2) is 72.8 Å². The summed E-state index contributed by atoms with van der Waals surface area (Å²) in [5.74, 6) is 0.0376. The first kappa shape index (κ1) is 27.0. The summed E-state index contributed by atoms with van der Waals surface area (Å²) in [5, 5.41) is 2.67. The normalized spacial score (nSPS) is 13.0. The number of benzene rings is 3. The number of sulfonamides is 1. The molecule has 9 nitrogen and oxygen atoms in total. The quantitative estimate of drug-likeness (QED) is 0.427. The van der Waals surface area contributed by atoms with Crippen LogP contribution in [0.3, 0.4) is 0 Å². The summed E-state index contributed by atoms with van der Waals surface area (Å²) in [6.07, 6.45) is 1.30. The fraction of sp³-hybridized carbons (Fsp3) is 0.286. The van der Waals surface area contributed by atoms with Crippen molar-refractivity contribution in [2.75, 3.05) is 30.9 Å². The van der Waals surface area contributed by atoms with Crippen LogP contribution in [-0.4, -0.2) is 57.8 Å². The van der Waals surface area contributed by atoms with Gasteiger partial charge in [-0.05, 0) is 35.7 Å². The number of carbonyl (C=O) groups is 2. The van der Waals surface area contributed by atoms with Crippen molar-refractivity contribution in [2.45, 2.75) is 25.9 Å².